The molecule has 0 atom stereocenters. The Morgan fingerprint density at radius 2 is 0.914 bits per heavy atom. The van der Waals surface area contributed by atoms with E-state index in [1.54, 1.807) is 0 Å². The normalized spacial score (nSPS) is 11.6. The maximum Gasteiger partial charge on any atom is 0.138 e. The molecule has 0 unspecified atom stereocenters. The molecular formula is C54H42N4. The summed E-state index contributed by atoms with van der Waals surface area (Å²) in [7, 11) is 0. The van der Waals surface area contributed by atoms with Gasteiger partial charge in [0.05, 0.1) is 45.6 Å². The second-order valence-corrected chi connectivity index (χ2v) is 15.9. The van der Waals surface area contributed by atoms with Gasteiger partial charge in [0.15, 0.2) is 0 Å². The fourth-order valence-electron chi connectivity index (χ4n) is 9.80. The second kappa shape index (κ2) is 13.5. The Hall–Kier alpha value is -7.22. The number of nitrogens with zero attached hydrogens (tertiary/aromatic N) is 4. The molecule has 4 heteroatoms. The minimum absolute atomic E-state index is 0.614. The van der Waals surface area contributed by atoms with Crippen LogP contribution in [0.2, 0.25) is 0 Å². The van der Waals surface area contributed by atoms with Gasteiger partial charge in [-0.2, -0.15) is 5.26 Å². The van der Waals surface area contributed by atoms with Gasteiger partial charge in [-0.25, -0.2) is 4.98 Å². The van der Waals surface area contributed by atoms with E-state index in [1.165, 1.54) is 77.2 Å². The lowest BCUT2D eigenvalue weighted by Gasteiger charge is -2.18. The van der Waals surface area contributed by atoms with Crippen molar-refractivity contribution in [2.45, 2.75) is 41.5 Å². The summed E-state index contributed by atoms with van der Waals surface area (Å²) in [4.78, 5) is 5.36. The highest BCUT2D eigenvalue weighted by Crippen LogP contribution is 2.42. The van der Waals surface area contributed by atoms with Crippen LogP contribution >= 0.6 is 0 Å². The predicted octanol–water partition coefficient (Wildman–Crippen LogP) is 14.0. The molecule has 0 saturated heterocycles. The Balaban J connectivity index is 1.28. The van der Waals surface area contributed by atoms with Gasteiger partial charge in [0.25, 0.3) is 0 Å². The van der Waals surface area contributed by atoms with Crippen LogP contribution in [0.25, 0.3) is 88.5 Å². The highest BCUT2D eigenvalue weighted by atomic mass is 15.1. The van der Waals surface area contributed by atoms with E-state index in [0.717, 1.165) is 44.7 Å². The van der Waals surface area contributed by atoms with Crippen LogP contribution in [-0.4, -0.2) is 14.1 Å². The first kappa shape index (κ1) is 35.2. The maximum atomic E-state index is 10.5. The summed E-state index contributed by atoms with van der Waals surface area (Å²) in [5.41, 5.74) is 20.1. The molecule has 58 heavy (non-hydrogen) atoms. The summed E-state index contributed by atoms with van der Waals surface area (Å²) in [5, 5.41) is 15.2. The fraction of sp³-hybridized carbons (Fsp3) is 0.111. The van der Waals surface area contributed by atoms with Gasteiger partial charge in [-0.3, -0.25) is 4.57 Å². The zero-order chi connectivity index (χ0) is 39.8. The van der Waals surface area contributed by atoms with Gasteiger partial charge in [0.1, 0.15) is 5.82 Å². The number of para-hydroxylation sites is 2. The third-order valence-electron chi connectivity index (χ3n) is 12.0. The summed E-state index contributed by atoms with van der Waals surface area (Å²) in [5.74, 6) is 0.791. The first-order valence-corrected chi connectivity index (χ1v) is 19.9. The van der Waals surface area contributed by atoms with Crippen LogP contribution in [0.3, 0.4) is 0 Å². The number of hydrogen-bond donors (Lipinski definition) is 0. The molecule has 278 valence electrons. The Morgan fingerprint density at radius 1 is 0.448 bits per heavy atom. The zero-order valence-electron chi connectivity index (χ0n) is 33.6. The average molecular weight is 747 g/mol. The number of rotatable bonds is 5. The predicted molar refractivity (Wildman–Crippen MR) is 242 cm³/mol. The van der Waals surface area contributed by atoms with Crippen LogP contribution in [0.4, 0.5) is 0 Å². The van der Waals surface area contributed by atoms with Crippen molar-refractivity contribution in [3.8, 4) is 51.0 Å². The van der Waals surface area contributed by atoms with E-state index in [9.17, 15) is 5.26 Å². The number of pyridine rings is 1. The third kappa shape index (κ3) is 5.46. The van der Waals surface area contributed by atoms with Gasteiger partial charge < -0.3 is 4.57 Å². The molecule has 10 rings (SSSR count). The minimum atomic E-state index is 0.614. The number of benzene rings is 7. The standard InChI is InChI=1S/C54H42N4/c1-32-23-34(3)53(35(4)24-32)38-19-21-44-42-15-9-11-17-47(42)57(49(44)27-38)51-31-56-52(29-46(51)41-14-8-7-13-40(41)30-55)58-48-18-12-10-16-43(48)45-22-20-39(28-50(45)58)54-36(5)25-33(2)26-37(54)6/h7-29,31H,1-6H3. The van der Waals surface area contributed by atoms with E-state index in [-0.39, 0.29) is 0 Å². The highest BCUT2D eigenvalue weighted by Gasteiger charge is 2.22. The van der Waals surface area contributed by atoms with Crippen LogP contribution < -0.4 is 0 Å². The summed E-state index contributed by atoms with van der Waals surface area (Å²) >= 11 is 0. The van der Waals surface area contributed by atoms with Crippen LogP contribution in [0.15, 0.2) is 146 Å². The van der Waals surface area contributed by atoms with Crippen LogP contribution in [0.1, 0.15) is 38.9 Å². The van der Waals surface area contributed by atoms with E-state index < -0.39 is 0 Å². The molecule has 7 aromatic carbocycles. The van der Waals surface area contributed by atoms with Crippen molar-refractivity contribution in [3.63, 3.8) is 0 Å². The molecule has 10 aromatic rings. The van der Waals surface area contributed by atoms with E-state index in [0.29, 0.717) is 5.56 Å². The number of fused-ring (bicyclic) bond motifs is 6. The lowest BCUT2D eigenvalue weighted by atomic mass is 9.93. The Labute approximate surface area is 338 Å². The molecule has 0 aliphatic carbocycles. The Kier molecular flexibility index (Phi) is 8.18. The second-order valence-electron chi connectivity index (χ2n) is 15.9. The molecule has 0 fully saturated rings. The molecule has 3 aromatic heterocycles. The van der Waals surface area contributed by atoms with Crippen LogP contribution in [0, 0.1) is 52.9 Å². The summed E-state index contributed by atoms with van der Waals surface area (Å²) in [6, 6.07) is 52.6. The van der Waals surface area contributed by atoms with Gasteiger partial charge >= 0.3 is 0 Å². The lowest BCUT2D eigenvalue weighted by Crippen LogP contribution is -2.04. The van der Waals surface area contributed by atoms with E-state index >= 15 is 0 Å². The molecular weight excluding hydrogens is 705 g/mol. The molecule has 0 bridgehead atoms. The topological polar surface area (TPSA) is 46.5 Å². The molecule has 0 aliphatic rings. The number of aryl methyl sites for hydroxylation is 6. The molecule has 0 N–H and O–H groups in total. The van der Waals surface area contributed by atoms with Gasteiger partial charge in [-0.1, -0.05) is 114 Å². The van der Waals surface area contributed by atoms with Crippen molar-refractivity contribution in [2.75, 3.05) is 0 Å². The molecule has 0 radical (unpaired) electrons. The van der Waals surface area contributed by atoms with Crippen LogP contribution in [0.5, 0.6) is 0 Å². The van der Waals surface area contributed by atoms with Crippen molar-refractivity contribution in [1.82, 2.24) is 14.1 Å². The zero-order valence-corrected chi connectivity index (χ0v) is 33.6. The van der Waals surface area contributed by atoms with Crippen molar-refractivity contribution in [2.24, 2.45) is 0 Å². The molecule has 0 amide bonds. The van der Waals surface area contributed by atoms with Crippen LogP contribution in [-0.2, 0) is 0 Å². The van der Waals surface area contributed by atoms with Gasteiger partial charge in [0, 0.05) is 32.7 Å². The summed E-state index contributed by atoms with van der Waals surface area (Å²) in [6.07, 6.45) is 2.01. The first-order chi connectivity index (χ1) is 28.2. The third-order valence-corrected chi connectivity index (χ3v) is 12.0. The van der Waals surface area contributed by atoms with E-state index in [4.69, 9.17) is 4.98 Å². The van der Waals surface area contributed by atoms with Crippen molar-refractivity contribution >= 4 is 43.6 Å². The van der Waals surface area contributed by atoms with E-state index in [1.807, 2.05) is 24.4 Å². The molecule has 0 spiro atoms. The summed E-state index contributed by atoms with van der Waals surface area (Å²) < 4.78 is 4.64. The maximum absolute atomic E-state index is 10.5. The van der Waals surface area contributed by atoms with Crippen molar-refractivity contribution in [1.29, 1.82) is 5.26 Å². The number of nitriles is 1. The molecule has 3 heterocycles. The monoisotopic (exact) mass is 746 g/mol. The smallest absolute Gasteiger partial charge is 0.138 e. The SMILES string of the molecule is Cc1cc(C)c(-c2ccc3c4ccccc4n(-c4cc(-c5ccccc5C#N)c(-n5c6ccccc6c6ccc(-c7c(C)cc(C)cc7C)cc65)cn4)c3c2)c(C)c1. The molecule has 0 saturated carbocycles. The quantitative estimate of drug-likeness (QED) is 0.176. The average Bonchev–Trinajstić information content (AvgIpc) is 3.72. The van der Waals surface area contributed by atoms with Gasteiger partial charge in [-0.05, 0) is 122 Å². The Bertz CT molecular complexity index is 3320. The fourth-order valence-corrected chi connectivity index (χ4v) is 9.80. The Morgan fingerprint density at radius 3 is 1.47 bits per heavy atom. The molecule has 4 nitrogen and oxygen atoms in total. The number of aromatic nitrogens is 3. The van der Waals surface area contributed by atoms with Gasteiger partial charge in [-0.15, -0.1) is 0 Å². The van der Waals surface area contributed by atoms with Crippen molar-refractivity contribution in [3.05, 3.63) is 185 Å². The highest BCUT2D eigenvalue weighted by molar-refractivity contribution is 6.12. The lowest BCUT2D eigenvalue weighted by molar-refractivity contribution is 1.06. The summed E-state index contributed by atoms with van der Waals surface area (Å²) in [6.45, 7) is 13.1. The molecule has 0 aliphatic heterocycles. The van der Waals surface area contributed by atoms with E-state index in [2.05, 4.69) is 178 Å². The first-order valence-electron chi connectivity index (χ1n) is 19.9. The van der Waals surface area contributed by atoms with Gasteiger partial charge in [0.2, 0.25) is 0 Å². The van der Waals surface area contributed by atoms with Crippen molar-refractivity contribution < 1.29 is 0 Å². The largest absolute Gasteiger partial charge is 0.307 e. The minimum Gasteiger partial charge on any atom is -0.307 e. The number of hydrogen-bond acceptors (Lipinski definition) is 2.